The molecule has 22 heavy (non-hydrogen) atoms. The maximum Gasteiger partial charge on any atom is 0.306 e. The molecule has 1 aromatic heterocycles. The van der Waals surface area contributed by atoms with E-state index in [4.69, 9.17) is 14.3 Å². The number of aryl methyl sites for hydroxylation is 2. The molecule has 0 bridgehead atoms. The van der Waals surface area contributed by atoms with Crippen LogP contribution in [0.15, 0.2) is 10.7 Å². The van der Waals surface area contributed by atoms with Gasteiger partial charge < -0.3 is 19.6 Å². The van der Waals surface area contributed by atoms with Crippen LogP contribution >= 0.6 is 0 Å². The maximum absolute atomic E-state index is 12.4. The molecule has 1 unspecified atom stereocenters. The summed E-state index contributed by atoms with van der Waals surface area (Å²) in [5.41, 5.74) is 1.06. The number of carbonyl (C=O) groups is 2. The number of hydrogen-bond donors (Lipinski definition) is 2. The summed E-state index contributed by atoms with van der Waals surface area (Å²) in [5, 5.41) is 12.1. The van der Waals surface area contributed by atoms with E-state index in [0.29, 0.717) is 37.2 Å². The molecule has 1 aliphatic heterocycles. The number of amides is 1. The average Bonchev–Trinajstić information content (AvgIpc) is 2.75. The minimum Gasteiger partial charge on any atom is -0.481 e. The van der Waals surface area contributed by atoms with Crippen LogP contribution in [-0.2, 0) is 9.53 Å². The Bertz CT molecular complexity index is 580. The van der Waals surface area contributed by atoms with E-state index < -0.39 is 5.97 Å². The van der Waals surface area contributed by atoms with Crippen molar-refractivity contribution in [2.75, 3.05) is 6.61 Å². The van der Waals surface area contributed by atoms with Crippen LogP contribution in [0.5, 0.6) is 0 Å². The van der Waals surface area contributed by atoms with E-state index in [0.717, 1.165) is 12.0 Å². The van der Waals surface area contributed by atoms with E-state index in [1.807, 2.05) is 6.92 Å². The molecule has 1 amide bonds. The molecule has 6 heteroatoms. The van der Waals surface area contributed by atoms with Crippen molar-refractivity contribution in [3.63, 3.8) is 0 Å². The zero-order valence-corrected chi connectivity index (χ0v) is 12.8. The Hall–Kier alpha value is -1.82. The van der Waals surface area contributed by atoms with Gasteiger partial charge in [-0.15, -0.1) is 0 Å². The number of rotatable bonds is 3. The molecular formula is C16H21NO5. The van der Waals surface area contributed by atoms with Gasteiger partial charge in [0.2, 0.25) is 0 Å². The minimum absolute atomic E-state index is 0.0182. The van der Waals surface area contributed by atoms with Gasteiger partial charge >= 0.3 is 5.97 Å². The number of ether oxygens (including phenoxy) is 1. The fraction of sp³-hybridized carbons (Fsp3) is 0.625. The van der Waals surface area contributed by atoms with Crippen LogP contribution in [0.25, 0.3) is 0 Å². The Kier molecular flexibility index (Phi) is 3.72. The van der Waals surface area contributed by atoms with Gasteiger partial charge in [0.05, 0.1) is 23.3 Å². The molecular weight excluding hydrogens is 286 g/mol. The molecule has 2 N–H and O–H groups in total. The van der Waals surface area contributed by atoms with Gasteiger partial charge in [-0.1, -0.05) is 0 Å². The van der Waals surface area contributed by atoms with Gasteiger partial charge in [-0.25, -0.2) is 0 Å². The van der Waals surface area contributed by atoms with Crippen molar-refractivity contribution in [3.05, 3.63) is 23.2 Å². The number of carboxylic acid groups (broad SMARTS) is 1. The molecule has 1 saturated carbocycles. The number of aliphatic carboxylic acids is 1. The summed E-state index contributed by atoms with van der Waals surface area (Å²) in [6.07, 6.45) is 4.09. The summed E-state index contributed by atoms with van der Waals surface area (Å²) in [6.45, 7) is 4.18. The topological polar surface area (TPSA) is 88.8 Å². The van der Waals surface area contributed by atoms with Gasteiger partial charge in [0.15, 0.2) is 0 Å². The van der Waals surface area contributed by atoms with Gasteiger partial charge in [0.25, 0.3) is 5.91 Å². The smallest absolute Gasteiger partial charge is 0.306 e. The molecule has 6 nitrogen and oxygen atoms in total. The summed E-state index contributed by atoms with van der Waals surface area (Å²) >= 11 is 0. The minimum atomic E-state index is -0.759. The predicted molar refractivity (Wildman–Crippen MR) is 77.7 cm³/mol. The third-order valence-electron chi connectivity index (χ3n) is 4.80. The van der Waals surface area contributed by atoms with Crippen LogP contribution in [0.4, 0.5) is 0 Å². The molecule has 1 aliphatic carbocycles. The first-order valence-corrected chi connectivity index (χ1v) is 7.62. The summed E-state index contributed by atoms with van der Waals surface area (Å²) < 4.78 is 11.1. The first-order chi connectivity index (χ1) is 10.4. The lowest BCUT2D eigenvalue weighted by molar-refractivity contribution is -0.181. The molecule has 2 heterocycles. The zero-order valence-electron chi connectivity index (χ0n) is 12.8. The molecule has 0 radical (unpaired) electrons. The summed E-state index contributed by atoms with van der Waals surface area (Å²) in [6, 6.07) is 0.0182. The fourth-order valence-electron chi connectivity index (χ4n) is 3.62. The van der Waals surface area contributed by atoms with Crippen molar-refractivity contribution in [1.82, 2.24) is 5.32 Å². The quantitative estimate of drug-likeness (QED) is 0.892. The average molecular weight is 307 g/mol. The highest BCUT2D eigenvalue weighted by Crippen LogP contribution is 2.46. The third-order valence-corrected chi connectivity index (χ3v) is 4.80. The standard InChI is InChI=1S/C16H21NO5/c1-9-8-21-10(2)13(9)14(18)17-12-3-4-22-16(7-12)5-11(6-16)15(19)20/h8,11-12H,3-7H2,1-2H3,(H,17,18)(H,19,20). The van der Waals surface area contributed by atoms with Crippen molar-refractivity contribution in [2.45, 2.75) is 51.2 Å². The number of furan rings is 1. The van der Waals surface area contributed by atoms with Gasteiger partial charge in [-0.2, -0.15) is 0 Å². The van der Waals surface area contributed by atoms with E-state index >= 15 is 0 Å². The van der Waals surface area contributed by atoms with E-state index in [1.54, 1.807) is 13.2 Å². The molecule has 3 rings (SSSR count). The highest BCUT2D eigenvalue weighted by atomic mass is 16.5. The molecule has 120 valence electrons. The SMILES string of the molecule is Cc1coc(C)c1C(=O)NC1CCOC2(C1)CC(C(=O)O)C2. The van der Waals surface area contributed by atoms with Gasteiger partial charge in [-0.3, -0.25) is 9.59 Å². The Balaban J connectivity index is 1.62. The third kappa shape index (κ3) is 2.63. The van der Waals surface area contributed by atoms with Crippen molar-refractivity contribution < 1.29 is 23.8 Å². The molecule has 0 aromatic carbocycles. The zero-order chi connectivity index (χ0) is 15.9. The summed E-state index contributed by atoms with van der Waals surface area (Å²) in [7, 11) is 0. The summed E-state index contributed by atoms with van der Waals surface area (Å²) in [5.74, 6) is -0.580. The Morgan fingerprint density at radius 2 is 2.05 bits per heavy atom. The van der Waals surface area contributed by atoms with Crippen molar-refractivity contribution in [2.24, 2.45) is 5.92 Å². The highest BCUT2D eigenvalue weighted by molar-refractivity contribution is 5.96. The number of carboxylic acids is 1. The van der Waals surface area contributed by atoms with Gasteiger partial charge in [0.1, 0.15) is 5.76 Å². The number of hydrogen-bond acceptors (Lipinski definition) is 4. The Labute approximate surface area is 128 Å². The summed E-state index contributed by atoms with van der Waals surface area (Å²) in [4.78, 5) is 23.4. The van der Waals surface area contributed by atoms with E-state index in [1.165, 1.54) is 0 Å². The van der Waals surface area contributed by atoms with Crippen LogP contribution < -0.4 is 5.32 Å². The second-order valence-corrected chi connectivity index (χ2v) is 6.49. The monoisotopic (exact) mass is 307 g/mol. The lowest BCUT2D eigenvalue weighted by atomic mass is 9.66. The van der Waals surface area contributed by atoms with E-state index in [2.05, 4.69) is 5.32 Å². The lowest BCUT2D eigenvalue weighted by Gasteiger charge is -2.50. The van der Waals surface area contributed by atoms with Crippen LogP contribution in [-0.4, -0.2) is 35.2 Å². The number of nitrogens with one attached hydrogen (secondary N) is 1. The molecule has 2 fully saturated rings. The second-order valence-electron chi connectivity index (χ2n) is 6.49. The second kappa shape index (κ2) is 5.43. The Morgan fingerprint density at radius 3 is 2.64 bits per heavy atom. The molecule has 1 aromatic rings. The van der Waals surface area contributed by atoms with Gasteiger partial charge in [0, 0.05) is 18.2 Å². The Morgan fingerprint density at radius 1 is 1.32 bits per heavy atom. The van der Waals surface area contributed by atoms with Crippen molar-refractivity contribution in [1.29, 1.82) is 0 Å². The molecule has 2 aliphatic rings. The van der Waals surface area contributed by atoms with Gasteiger partial charge in [-0.05, 0) is 39.5 Å². The van der Waals surface area contributed by atoms with E-state index in [-0.39, 0.29) is 23.5 Å². The highest BCUT2D eigenvalue weighted by Gasteiger charge is 2.51. The predicted octanol–water partition coefficient (Wildman–Crippen LogP) is 2.04. The van der Waals surface area contributed by atoms with Crippen molar-refractivity contribution >= 4 is 11.9 Å². The van der Waals surface area contributed by atoms with E-state index in [9.17, 15) is 9.59 Å². The number of carbonyl (C=O) groups excluding carboxylic acids is 1. The van der Waals surface area contributed by atoms with Crippen LogP contribution in [0.2, 0.25) is 0 Å². The fourth-order valence-corrected chi connectivity index (χ4v) is 3.62. The van der Waals surface area contributed by atoms with Crippen molar-refractivity contribution in [3.8, 4) is 0 Å². The first kappa shape index (κ1) is 15.1. The largest absolute Gasteiger partial charge is 0.481 e. The lowest BCUT2D eigenvalue weighted by Crippen LogP contribution is -2.56. The normalized spacial score (nSPS) is 30.8. The maximum atomic E-state index is 12.4. The molecule has 1 saturated heterocycles. The first-order valence-electron chi connectivity index (χ1n) is 7.62. The van der Waals surface area contributed by atoms with Crippen LogP contribution in [0, 0.1) is 19.8 Å². The van der Waals surface area contributed by atoms with Crippen LogP contribution in [0.1, 0.15) is 47.4 Å². The van der Waals surface area contributed by atoms with Crippen LogP contribution in [0.3, 0.4) is 0 Å². The molecule has 1 atom stereocenters. The molecule has 1 spiro atoms.